The molecule has 0 amide bonds. The van der Waals surface area contributed by atoms with Gasteiger partial charge in [-0.15, -0.1) is 0 Å². The predicted molar refractivity (Wildman–Crippen MR) is 108 cm³/mol. The van der Waals surface area contributed by atoms with E-state index in [1.807, 2.05) is 11.9 Å². The highest BCUT2D eigenvalue weighted by Gasteiger charge is 2.20. The smallest absolute Gasteiger partial charge is 0.335 e. The second-order valence-electron chi connectivity index (χ2n) is 6.76. The first-order chi connectivity index (χ1) is 13.5. The number of nitrogens with zero attached hydrogens (tertiary/aromatic N) is 3. The molecule has 1 saturated heterocycles. The summed E-state index contributed by atoms with van der Waals surface area (Å²) in [6, 6.07) is 6.63. The van der Waals surface area contributed by atoms with Gasteiger partial charge in [0.2, 0.25) is 5.88 Å². The second kappa shape index (κ2) is 8.77. The molecular weight excluding hydrogens is 360 g/mol. The van der Waals surface area contributed by atoms with Crippen molar-refractivity contribution in [3.8, 4) is 17.3 Å². The van der Waals surface area contributed by atoms with E-state index in [0.717, 1.165) is 30.5 Å². The molecule has 0 bridgehead atoms. The monoisotopic (exact) mass is 386 g/mol. The molecule has 0 radical (unpaired) electrons. The Morgan fingerprint density at radius 2 is 1.79 bits per heavy atom. The van der Waals surface area contributed by atoms with Crippen LogP contribution in [0, 0.1) is 0 Å². The van der Waals surface area contributed by atoms with Crippen molar-refractivity contribution in [1.29, 1.82) is 0 Å². The summed E-state index contributed by atoms with van der Waals surface area (Å²) in [6.45, 7) is 3.51. The predicted octanol–water partition coefficient (Wildman–Crippen LogP) is 2.23. The molecule has 1 aliphatic heterocycles. The standard InChI is InChI=1S/C20H26N4O4/c1-3-16(22-23-12-6-4-5-7-13-23)17-18(25)21-20(27)24(19(17)26)14-8-10-15(28-2)11-9-14/h8-11,26H,3-7,12-13H2,1-2H3,(H,21,25,27)/b22-16+. The molecule has 8 heteroatoms. The van der Waals surface area contributed by atoms with E-state index in [0.29, 0.717) is 23.6 Å². The zero-order valence-corrected chi connectivity index (χ0v) is 16.3. The Balaban J connectivity index is 2.09. The van der Waals surface area contributed by atoms with Crippen molar-refractivity contribution in [1.82, 2.24) is 14.6 Å². The van der Waals surface area contributed by atoms with Crippen LogP contribution in [0.2, 0.25) is 0 Å². The van der Waals surface area contributed by atoms with Crippen LogP contribution in [0.4, 0.5) is 0 Å². The van der Waals surface area contributed by atoms with Gasteiger partial charge in [0.05, 0.1) is 18.5 Å². The lowest BCUT2D eigenvalue weighted by Crippen LogP contribution is -2.34. The number of aromatic amines is 1. The molecule has 0 aliphatic carbocycles. The number of methoxy groups -OCH3 is 1. The van der Waals surface area contributed by atoms with E-state index in [1.165, 1.54) is 12.8 Å². The lowest BCUT2D eigenvalue weighted by Gasteiger charge is -2.19. The molecule has 150 valence electrons. The van der Waals surface area contributed by atoms with Crippen LogP contribution in [0.3, 0.4) is 0 Å². The van der Waals surface area contributed by atoms with Crippen LogP contribution in [0.15, 0.2) is 39.0 Å². The lowest BCUT2D eigenvalue weighted by molar-refractivity contribution is 0.300. The second-order valence-corrected chi connectivity index (χ2v) is 6.76. The van der Waals surface area contributed by atoms with Crippen LogP contribution in [-0.2, 0) is 0 Å². The molecule has 1 aliphatic rings. The number of hydrogen-bond donors (Lipinski definition) is 2. The largest absolute Gasteiger partial charge is 0.497 e. The Morgan fingerprint density at radius 1 is 1.14 bits per heavy atom. The molecule has 1 aromatic heterocycles. The van der Waals surface area contributed by atoms with E-state index >= 15 is 0 Å². The van der Waals surface area contributed by atoms with Gasteiger partial charge in [-0.2, -0.15) is 5.10 Å². The van der Waals surface area contributed by atoms with Gasteiger partial charge in [-0.05, 0) is 43.5 Å². The molecule has 28 heavy (non-hydrogen) atoms. The van der Waals surface area contributed by atoms with Crippen molar-refractivity contribution in [2.75, 3.05) is 20.2 Å². The zero-order valence-electron chi connectivity index (χ0n) is 16.3. The molecule has 3 rings (SSSR count). The van der Waals surface area contributed by atoms with E-state index in [2.05, 4.69) is 10.1 Å². The van der Waals surface area contributed by atoms with Gasteiger partial charge < -0.3 is 9.84 Å². The number of rotatable bonds is 5. The highest BCUT2D eigenvalue weighted by atomic mass is 16.5. The molecule has 8 nitrogen and oxygen atoms in total. The zero-order chi connectivity index (χ0) is 20.1. The molecule has 2 aromatic rings. The number of benzene rings is 1. The van der Waals surface area contributed by atoms with Gasteiger partial charge in [-0.1, -0.05) is 19.8 Å². The van der Waals surface area contributed by atoms with Gasteiger partial charge in [0.15, 0.2) is 0 Å². The summed E-state index contributed by atoms with van der Waals surface area (Å²) in [5.74, 6) is 0.215. The highest BCUT2D eigenvalue weighted by Crippen LogP contribution is 2.21. The SMILES string of the molecule is CC/C(=N\N1CCCCCC1)c1c(O)n(-c2ccc(OC)cc2)c(=O)[nH]c1=O. The van der Waals surface area contributed by atoms with Crippen molar-refractivity contribution in [2.45, 2.75) is 39.0 Å². The van der Waals surface area contributed by atoms with Crippen molar-refractivity contribution >= 4 is 5.71 Å². The molecule has 1 fully saturated rings. The Hall–Kier alpha value is -3.03. The number of aromatic hydroxyl groups is 1. The average molecular weight is 386 g/mol. The van der Waals surface area contributed by atoms with Gasteiger partial charge in [0.25, 0.3) is 5.56 Å². The minimum atomic E-state index is -0.707. The Labute approximate surface area is 163 Å². The third kappa shape index (κ3) is 4.11. The van der Waals surface area contributed by atoms with Crippen molar-refractivity contribution in [3.63, 3.8) is 0 Å². The number of ether oxygens (including phenoxy) is 1. The van der Waals surface area contributed by atoms with Crippen LogP contribution in [0.25, 0.3) is 5.69 Å². The summed E-state index contributed by atoms with van der Waals surface area (Å²) in [7, 11) is 1.55. The number of hydrogen-bond acceptors (Lipinski definition) is 6. The molecular formula is C20H26N4O4. The molecule has 0 saturated carbocycles. The van der Waals surface area contributed by atoms with E-state index in [1.54, 1.807) is 31.4 Å². The highest BCUT2D eigenvalue weighted by molar-refractivity contribution is 6.01. The van der Waals surface area contributed by atoms with E-state index in [4.69, 9.17) is 4.74 Å². The van der Waals surface area contributed by atoms with Gasteiger partial charge in [-0.25, -0.2) is 9.36 Å². The topological polar surface area (TPSA) is 99.9 Å². The first kappa shape index (κ1) is 19.7. The van der Waals surface area contributed by atoms with Crippen molar-refractivity contribution < 1.29 is 9.84 Å². The summed E-state index contributed by atoms with van der Waals surface area (Å²) in [6.07, 6.45) is 4.89. The summed E-state index contributed by atoms with van der Waals surface area (Å²) >= 11 is 0. The van der Waals surface area contributed by atoms with E-state index in [9.17, 15) is 14.7 Å². The summed E-state index contributed by atoms with van der Waals surface area (Å²) in [5.41, 5.74) is -0.430. The third-order valence-corrected chi connectivity index (χ3v) is 4.88. The summed E-state index contributed by atoms with van der Waals surface area (Å²) < 4.78 is 6.20. The number of aromatic nitrogens is 2. The molecule has 2 heterocycles. The molecule has 0 atom stereocenters. The quantitative estimate of drug-likeness (QED) is 0.768. The normalized spacial score (nSPS) is 15.4. The Morgan fingerprint density at radius 3 is 2.36 bits per heavy atom. The third-order valence-electron chi connectivity index (χ3n) is 4.88. The van der Waals surface area contributed by atoms with Crippen LogP contribution >= 0.6 is 0 Å². The minimum Gasteiger partial charge on any atom is -0.497 e. The van der Waals surface area contributed by atoms with Gasteiger partial charge in [0.1, 0.15) is 11.3 Å². The molecule has 2 N–H and O–H groups in total. The maximum atomic E-state index is 12.5. The van der Waals surface area contributed by atoms with Crippen LogP contribution in [-0.4, -0.2) is 45.6 Å². The van der Waals surface area contributed by atoms with Crippen molar-refractivity contribution in [3.05, 3.63) is 50.7 Å². The maximum absolute atomic E-state index is 12.5. The number of H-pyrrole nitrogens is 1. The fourth-order valence-electron chi connectivity index (χ4n) is 3.38. The Kier molecular flexibility index (Phi) is 6.18. The number of hydrazone groups is 1. The molecule has 1 aromatic carbocycles. The summed E-state index contributed by atoms with van der Waals surface area (Å²) in [4.78, 5) is 27.2. The first-order valence-electron chi connectivity index (χ1n) is 9.60. The van der Waals surface area contributed by atoms with Crippen molar-refractivity contribution in [2.24, 2.45) is 5.10 Å². The van der Waals surface area contributed by atoms with Gasteiger partial charge >= 0.3 is 5.69 Å². The lowest BCUT2D eigenvalue weighted by atomic mass is 10.1. The Bertz CT molecular complexity index is 952. The van der Waals surface area contributed by atoms with Crippen LogP contribution in [0.5, 0.6) is 11.6 Å². The minimum absolute atomic E-state index is 0.0298. The molecule has 0 unspecified atom stereocenters. The fraction of sp³-hybridized carbons (Fsp3) is 0.450. The fourth-order valence-corrected chi connectivity index (χ4v) is 3.38. The van der Waals surface area contributed by atoms with Crippen LogP contribution < -0.4 is 16.0 Å². The van der Waals surface area contributed by atoms with E-state index in [-0.39, 0.29) is 5.56 Å². The first-order valence-corrected chi connectivity index (χ1v) is 9.60. The maximum Gasteiger partial charge on any atom is 0.335 e. The number of nitrogens with one attached hydrogen (secondary N) is 1. The van der Waals surface area contributed by atoms with Crippen LogP contribution in [0.1, 0.15) is 44.6 Å². The average Bonchev–Trinajstić information content (AvgIpc) is 2.96. The van der Waals surface area contributed by atoms with Gasteiger partial charge in [-0.3, -0.25) is 14.8 Å². The van der Waals surface area contributed by atoms with E-state index < -0.39 is 17.1 Å². The summed E-state index contributed by atoms with van der Waals surface area (Å²) in [5, 5.41) is 17.4. The van der Waals surface area contributed by atoms with Gasteiger partial charge in [0, 0.05) is 13.1 Å². The molecule has 0 spiro atoms.